The number of rotatable bonds is 6. The van der Waals surface area contributed by atoms with Crippen molar-refractivity contribution in [2.75, 3.05) is 19.0 Å². The summed E-state index contributed by atoms with van der Waals surface area (Å²) in [7, 11) is 1.50. The van der Waals surface area contributed by atoms with Gasteiger partial charge in [0.1, 0.15) is 11.5 Å². The summed E-state index contributed by atoms with van der Waals surface area (Å²) in [5, 5.41) is 11.8. The van der Waals surface area contributed by atoms with Gasteiger partial charge in [-0.25, -0.2) is 4.79 Å². The number of nitrogens with one attached hydrogen (secondary N) is 1. The van der Waals surface area contributed by atoms with E-state index in [0.29, 0.717) is 22.2 Å². The lowest BCUT2D eigenvalue weighted by Gasteiger charge is -2.09. The summed E-state index contributed by atoms with van der Waals surface area (Å²) < 4.78 is 10.3. The number of anilines is 1. The van der Waals surface area contributed by atoms with E-state index >= 15 is 0 Å². The van der Waals surface area contributed by atoms with Crippen LogP contribution in [0.3, 0.4) is 0 Å². The van der Waals surface area contributed by atoms with Crippen LogP contribution in [0.5, 0.6) is 11.5 Å². The predicted octanol–water partition coefficient (Wildman–Crippen LogP) is 3.06. The molecular formula is C16H14ClNO5. The van der Waals surface area contributed by atoms with Crippen LogP contribution >= 0.6 is 11.6 Å². The van der Waals surface area contributed by atoms with Crippen molar-refractivity contribution < 1.29 is 24.2 Å². The maximum Gasteiger partial charge on any atom is 0.335 e. The Kier molecular flexibility index (Phi) is 5.43. The number of halogens is 1. The highest BCUT2D eigenvalue weighted by molar-refractivity contribution is 6.32. The van der Waals surface area contributed by atoms with Gasteiger partial charge in [-0.3, -0.25) is 4.79 Å². The second-order valence-corrected chi connectivity index (χ2v) is 4.92. The molecule has 23 heavy (non-hydrogen) atoms. The molecule has 0 bridgehead atoms. The standard InChI is InChI=1S/C16H14ClNO5/c1-22-14-7-4-11(8-13(14)17)18-15(19)9-23-12-5-2-10(3-6-12)16(20)21/h2-8H,9H2,1H3,(H,18,19)(H,20,21). The average Bonchev–Trinajstić information content (AvgIpc) is 2.53. The summed E-state index contributed by atoms with van der Waals surface area (Å²) in [5.41, 5.74) is 0.667. The van der Waals surface area contributed by atoms with E-state index in [4.69, 9.17) is 26.2 Å². The van der Waals surface area contributed by atoms with Crippen LogP contribution in [0.4, 0.5) is 5.69 Å². The zero-order valence-electron chi connectivity index (χ0n) is 12.2. The van der Waals surface area contributed by atoms with Gasteiger partial charge in [-0.15, -0.1) is 0 Å². The summed E-state index contributed by atoms with van der Waals surface area (Å²) in [6.45, 7) is -0.212. The Labute approximate surface area is 137 Å². The van der Waals surface area contributed by atoms with Crippen LogP contribution in [0.15, 0.2) is 42.5 Å². The quantitative estimate of drug-likeness (QED) is 0.847. The molecule has 6 nitrogen and oxygen atoms in total. The van der Waals surface area contributed by atoms with Crippen molar-refractivity contribution in [1.29, 1.82) is 0 Å². The number of hydrogen-bond donors (Lipinski definition) is 2. The van der Waals surface area contributed by atoms with Gasteiger partial charge in [0.2, 0.25) is 0 Å². The molecule has 0 heterocycles. The predicted molar refractivity (Wildman–Crippen MR) is 85.5 cm³/mol. The van der Waals surface area contributed by atoms with Crippen LogP contribution in [-0.2, 0) is 4.79 Å². The SMILES string of the molecule is COc1ccc(NC(=O)COc2ccc(C(=O)O)cc2)cc1Cl. The molecule has 0 fully saturated rings. The van der Waals surface area contributed by atoms with Gasteiger partial charge in [0.05, 0.1) is 17.7 Å². The van der Waals surface area contributed by atoms with Crippen molar-refractivity contribution in [3.05, 3.63) is 53.1 Å². The van der Waals surface area contributed by atoms with E-state index in [9.17, 15) is 9.59 Å². The van der Waals surface area contributed by atoms with Gasteiger partial charge in [0.25, 0.3) is 5.91 Å². The van der Waals surface area contributed by atoms with Crippen molar-refractivity contribution in [3.8, 4) is 11.5 Å². The Bertz CT molecular complexity index is 715. The summed E-state index contributed by atoms with van der Waals surface area (Å²) in [5.74, 6) is -0.475. The fourth-order valence-corrected chi connectivity index (χ4v) is 2.04. The normalized spacial score (nSPS) is 10.0. The number of ether oxygens (including phenoxy) is 2. The van der Waals surface area contributed by atoms with Gasteiger partial charge < -0.3 is 19.9 Å². The molecule has 0 saturated heterocycles. The third kappa shape index (κ3) is 4.62. The highest BCUT2D eigenvalue weighted by Gasteiger charge is 2.07. The van der Waals surface area contributed by atoms with Crippen molar-refractivity contribution in [3.63, 3.8) is 0 Å². The molecule has 0 aliphatic rings. The molecule has 0 aliphatic carbocycles. The van der Waals surface area contributed by atoms with Crippen LogP contribution in [0.1, 0.15) is 10.4 Å². The number of methoxy groups -OCH3 is 1. The smallest absolute Gasteiger partial charge is 0.335 e. The molecular weight excluding hydrogens is 322 g/mol. The highest BCUT2D eigenvalue weighted by atomic mass is 35.5. The van der Waals surface area contributed by atoms with Crippen LogP contribution in [-0.4, -0.2) is 30.7 Å². The van der Waals surface area contributed by atoms with Crippen molar-refractivity contribution in [2.24, 2.45) is 0 Å². The molecule has 0 atom stereocenters. The first-order valence-corrected chi connectivity index (χ1v) is 6.97. The zero-order chi connectivity index (χ0) is 16.8. The number of aromatic carboxylic acids is 1. The van der Waals surface area contributed by atoms with Gasteiger partial charge in [-0.2, -0.15) is 0 Å². The summed E-state index contributed by atoms with van der Waals surface area (Å²) in [6.07, 6.45) is 0. The molecule has 2 N–H and O–H groups in total. The minimum absolute atomic E-state index is 0.148. The van der Waals surface area contributed by atoms with Gasteiger partial charge >= 0.3 is 5.97 Å². The number of carbonyl (C=O) groups is 2. The molecule has 120 valence electrons. The molecule has 0 aromatic heterocycles. The Morgan fingerprint density at radius 3 is 2.43 bits per heavy atom. The van der Waals surface area contributed by atoms with Crippen molar-refractivity contribution in [1.82, 2.24) is 0 Å². The monoisotopic (exact) mass is 335 g/mol. The van der Waals surface area contributed by atoms with E-state index in [-0.39, 0.29) is 18.1 Å². The summed E-state index contributed by atoms with van der Waals surface area (Å²) in [4.78, 5) is 22.6. The molecule has 0 unspecified atom stereocenters. The first kappa shape index (κ1) is 16.6. The van der Waals surface area contributed by atoms with Gasteiger partial charge in [0.15, 0.2) is 6.61 Å². The number of carboxylic acids is 1. The second kappa shape index (κ2) is 7.51. The zero-order valence-corrected chi connectivity index (χ0v) is 13.0. The lowest BCUT2D eigenvalue weighted by molar-refractivity contribution is -0.118. The maximum atomic E-state index is 11.8. The minimum atomic E-state index is -1.02. The lowest BCUT2D eigenvalue weighted by Crippen LogP contribution is -2.20. The maximum absolute atomic E-state index is 11.8. The first-order chi connectivity index (χ1) is 11.0. The number of carbonyl (C=O) groups excluding carboxylic acids is 1. The molecule has 2 aromatic carbocycles. The Morgan fingerprint density at radius 2 is 1.87 bits per heavy atom. The number of hydrogen-bond acceptors (Lipinski definition) is 4. The fourth-order valence-electron chi connectivity index (χ4n) is 1.78. The van der Waals surface area contributed by atoms with Crippen LogP contribution in [0.25, 0.3) is 0 Å². The van der Waals surface area contributed by atoms with E-state index in [1.165, 1.54) is 31.4 Å². The van der Waals surface area contributed by atoms with E-state index in [1.54, 1.807) is 18.2 Å². The van der Waals surface area contributed by atoms with E-state index in [1.807, 2.05) is 0 Å². The lowest BCUT2D eigenvalue weighted by atomic mass is 10.2. The summed E-state index contributed by atoms with van der Waals surface area (Å²) >= 11 is 5.97. The molecule has 2 rings (SSSR count). The first-order valence-electron chi connectivity index (χ1n) is 6.59. The topological polar surface area (TPSA) is 84.9 Å². The van der Waals surface area contributed by atoms with Crippen molar-refractivity contribution in [2.45, 2.75) is 0 Å². The molecule has 0 saturated carbocycles. The minimum Gasteiger partial charge on any atom is -0.495 e. The molecule has 0 radical (unpaired) electrons. The summed E-state index contributed by atoms with van der Waals surface area (Å²) in [6, 6.07) is 10.6. The van der Waals surface area contributed by atoms with Crippen LogP contribution in [0.2, 0.25) is 5.02 Å². The Hall–Kier alpha value is -2.73. The molecule has 0 spiro atoms. The Morgan fingerprint density at radius 1 is 1.17 bits per heavy atom. The average molecular weight is 336 g/mol. The van der Waals surface area contributed by atoms with E-state index in [2.05, 4.69) is 5.32 Å². The number of benzene rings is 2. The highest BCUT2D eigenvalue weighted by Crippen LogP contribution is 2.27. The van der Waals surface area contributed by atoms with Gasteiger partial charge in [-0.05, 0) is 42.5 Å². The molecule has 0 aliphatic heterocycles. The Balaban J connectivity index is 1.89. The molecule has 7 heteroatoms. The third-order valence-electron chi connectivity index (χ3n) is 2.91. The van der Waals surface area contributed by atoms with E-state index in [0.717, 1.165) is 0 Å². The molecule has 1 amide bonds. The van der Waals surface area contributed by atoms with Gasteiger partial charge in [-0.1, -0.05) is 11.6 Å². The number of carboxylic acid groups (broad SMARTS) is 1. The number of amides is 1. The second-order valence-electron chi connectivity index (χ2n) is 4.52. The van der Waals surface area contributed by atoms with Crippen molar-refractivity contribution >= 4 is 29.2 Å². The van der Waals surface area contributed by atoms with E-state index < -0.39 is 5.97 Å². The van der Waals surface area contributed by atoms with Gasteiger partial charge in [0, 0.05) is 5.69 Å². The molecule has 2 aromatic rings. The largest absolute Gasteiger partial charge is 0.495 e. The fraction of sp³-hybridized carbons (Fsp3) is 0.125. The van der Waals surface area contributed by atoms with Crippen LogP contribution < -0.4 is 14.8 Å². The third-order valence-corrected chi connectivity index (χ3v) is 3.20. The van der Waals surface area contributed by atoms with Crippen LogP contribution in [0, 0.1) is 0 Å².